The van der Waals surface area contributed by atoms with Gasteiger partial charge in [0.2, 0.25) is 5.91 Å². The Kier molecular flexibility index (Phi) is 4.01. The summed E-state index contributed by atoms with van der Waals surface area (Å²) < 4.78 is 10.9. The number of rotatable bonds is 3. The summed E-state index contributed by atoms with van der Waals surface area (Å²) in [6.07, 6.45) is 0.197. The van der Waals surface area contributed by atoms with Crippen LogP contribution in [0.25, 0.3) is 0 Å². The van der Waals surface area contributed by atoms with E-state index in [0.29, 0.717) is 25.5 Å². The molecule has 2 aromatic rings. The average molecular weight is 286 g/mol. The van der Waals surface area contributed by atoms with Crippen LogP contribution in [0.4, 0.5) is 0 Å². The molecule has 1 aliphatic heterocycles. The second kappa shape index (κ2) is 6.10. The topological polar surface area (TPSA) is 55.6 Å². The van der Waals surface area contributed by atoms with E-state index in [0.717, 1.165) is 11.3 Å². The van der Waals surface area contributed by atoms with E-state index < -0.39 is 0 Å². The van der Waals surface area contributed by atoms with E-state index in [4.69, 9.17) is 9.26 Å². The van der Waals surface area contributed by atoms with Gasteiger partial charge >= 0.3 is 0 Å². The monoisotopic (exact) mass is 286 g/mol. The summed E-state index contributed by atoms with van der Waals surface area (Å²) in [5, 5.41) is 3.81. The lowest BCUT2D eigenvalue weighted by Crippen LogP contribution is -2.42. The summed E-state index contributed by atoms with van der Waals surface area (Å²) in [5.74, 6) is 0.663. The van der Waals surface area contributed by atoms with Crippen LogP contribution in [0.3, 0.4) is 0 Å². The maximum absolute atomic E-state index is 12.3. The number of carbonyl (C=O) groups excluding carboxylic acids is 1. The highest BCUT2D eigenvalue weighted by atomic mass is 16.5. The van der Waals surface area contributed by atoms with Crippen molar-refractivity contribution in [3.8, 4) is 0 Å². The Hall–Kier alpha value is -2.14. The first-order chi connectivity index (χ1) is 10.2. The highest BCUT2D eigenvalue weighted by Gasteiger charge is 2.25. The van der Waals surface area contributed by atoms with Gasteiger partial charge in [-0.3, -0.25) is 4.79 Å². The second-order valence-electron chi connectivity index (χ2n) is 5.22. The summed E-state index contributed by atoms with van der Waals surface area (Å²) in [6.45, 7) is 3.60. The van der Waals surface area contributed by atoms with Crippen molar-refractivity contribution in [1.29, 1.82) is 0 Å². The van der Waals surface area contributed by atoms with Crippen LogP contribution in [0.5, 0.6) is 0 Å². The molecule has 0 bridgehead atoms. The van der Waals surface area contributed by atoms with E-state index in [1.807, 2.05) is 42.2 Å². The van der Waals surface area contributed by atoms with Gasteiger partial charge in [-0.2, -0.15) is 0 Å². The number of benzene rings is 1. The molecular formula is C16H18N2O3. The minimum Gasteiger partial charge on any atom is -0.370 e. The van der Waals surface area contributed by atoms with Crippen LogP contribution in [0.2, 0.25) is 0 Å². The zero-order valence-electron chi connectivity index (χ0n) is 12.0. The molecule has 5 nitrogen and oxygen atoms in total. The van der Waals surface area contributed by atoms with Gasteiger partial charge in [0.25, 0.3) is 0 Å². The zero-order valence-corrected chi connectivity index (χ0v) is 12.0. The molecule has 1 aliphatic rings. The first kappa shape index (κ1) is 13.8. The fourth-order valence-electron chi connectivity index (χ4n) is 2.51. The molecule has 0 aliphatic carbocycles. The van der Waals surface area contributed by atoms with Gasteiger partial charge in [-0.15, -0.1) is 0 Å². The predicted octanol–water partition coefficient (Wildman–Crippen LogP) is 2.13. The Morgan fingerprint density at radius 3 is 2.90 bits per heavy atom. The van der Waals surface area contributed by atoms with Crippen molar-refractivity contribution in [2.75, 3.05) is 19.7 Å². The minimum absolute atomic E-state index is 0.0513. The quantitative estimate of drug-likeness (QED) is 0.867. The Morgan fingerprint density at radius 2 is 2.19 bits per heavy atom. The van der Waals surface area contributed by atoms with Gasteiger partial charge in [-0.1, -0.05) is 35.5 Å². The van der Waals surface area contributed by atoms with Crippen molar-refractivity contribution in [3.05, 3.63) is 53.4 Å². The lowest BCUT2D eigenvalue weighted by atomic mass is 10.1. The largest absolute Gasteiger partial charge is 0.370 e. The van der Waals surface area contributed by atoms with E-state index in [9.17, 15) is 4.79 Å². The molecule has 1 aromatic heterocycles. The van der Waals surface area contributed by atoms with Gasteiger partial charge in [0.1, 0.15) is 11.9 Å². The molecule has 5 heteroatoms. The molecule has 0 radical (unpaired) electrons. The maximum atomic E-state index is 12.3. The van der Waals surface area contributed by atoms with Crippen LogP contribution in [0, 0.1) is 6.92 Å². The van der Waals surface area contributed by atoms with Crippen LogP contribution >= 0.6 is 0 Å². The van der Waals surface area contributed by atoms with E-state index >= 15 is 0 Å². The molecule has 1 saturated heterocycles. The van der Waals surface area contributed by atoms with Crippen molar-refractivity contribution in [3.63, 3.8) is 0 Å². The third-order valence-corrected chi connectivity index (χ3v) is 3.59. The van der Waals surface area contributed by atoms with Crippen molar-refractivity contribution < 1.29 is 14.1 Å². The SMILES string of the molecule is Cc1cc(CC(=O)N2CCO[C@@H](c3ccccc3)C2)on1. The maximum Gasteiger partial charge on any atom is 0.230 e. The summed E-state index contributed by atoms with van der Waals surface area (Å²) >= 11 is 0. The van der Waals surface area contributed by atoms with Gasteiger partial charge < -0.3 is 14.2 Å². The van der Waals surface area contributed by atoms with Crippen LogP contribution in [-0.4, -0.2) is 35.7 Å². The molecule has 1 atom stereocenters. The number of hydrogen-bond donors (Lipinski definition) is 0. The van der Waals surface area contributed by atoms with Crippen molar-refractivity contribution in [2.24, 2.45) is 0 Å². The number of hydrogen-bond acceptors (Lipinski definition) is 4. The molecule has 0 saturated carbocycles. The van der Waals surface area contributed by atoms with Crippen molar-refractivity contribution >= 4 is 5.91 Å². The van der Waals surface area contributed by atoms with Crippen LogP contribution in [-0.2, 0) is 16.0 Å². The molecule has 1 amide bonds. The number of amides is 1. The molecule has 0 spiro atoms. The fourth-order valence-corrected chi connectivity index (χ4v) is 2.51. The fraction of sp³-hybridized carbons (Fsp3) is 0.375. The Morgan fingerprint density at radius 1 is 1.38 bits per heavy atom. The first-order valence-corrected chi connectivity index (χ1v) is 7.09. The van der Waals surface area contributed by atoms with Gasteiger partial charge in [0.05, 0.1) is 25.3 Å². The molecule has 1 fully saturated rings. The average Bonchev–Trinajstić information content (AvgIpc) is 2.93. The standard InChI is InChI=1S/C16H18N2O3/c1-12-9-14(21-17-12)10-16(19)18-7-8-20-15(11-18)13-5-3-2-4-6-13/h2-6,9,15H,7-8,10-11H2,1H3/t15-/m1/s1. The Labute approximate surface area is 123 Å². The van der Waals surface area contributed by atoms with Crippen molar-refractivity contribution in [2.45, 2.75) is 19.4 Å². The molecule has 110 valence electrons. The summed E-state index contributed by atoms with van der Waals surface area (Å²) in [4.78, 5) is 14.2. The first-order valence-electron chi connectivity index (χ1n) is 7.09. The zero-order chi connectivity index (χ0) is 14.7. The third kappa shape index (κ3) is 3.31. The Bertz CT molecular complexity index is 609. The second-order valence-corrected chi connectivity index (χ2v) is 5.22. The third-order valence-electron chi connectivity index (χ3n) is 3.59. The molecule has 0 N–H and O–H groups in total. The van der Waals surface area contributed by atoms with E-state index in [2.05, 4.69) is 5.16 Å². The molecule has 2 heterocycles. The van der Waals surface area contributed by atoms with Gasteiger partial charge in [-0.25, -0.2) is 0 Å². The van der Waals surface area contributed by atoms with E-state index in [-0.39, 0.29) is 18.4 Å². The van der Waals surface area contributed by atoms with Crippen LogP contribution in [0.15, 0.2) is 40.9 Å². The number of aryl methyl sites for hydroxylation is 1. The lowest BCUT2D eigenvalue weighted by molar-refractivity contribution is -0.138. The summed E-state index contributed by atoms with van der Waals surface area (Å²) in [6, 6.07) is 11.8. The Balaban J connectivity index is 1.64. The van der Waals surface area contributed by atoms with Crippen LogP contribution < -0.4 is 0 Å². The molecule has 3 rings (SSSR count). The highest BCUT2D eigenvalue weighted by Crippen LogP contribution is 2.22. The normalized spacial score (nSPS) is 18.7. The smallest absolute Gasteiger partial charge is 0.230 e. The van der Waals surface area contributed by atoms with Gasteiger partial charge in [0.15, 0.2) is 0 Å². The lowest BCUT2D eigenvalue weighted by Gasteiger charge is -2.33. The number of morpholine rings is 1. The van der Waals surface area contributed by atoms with Gasteiger partial charge in [-0.05, 0) is 12.5 Å². The number of ether oxygens (including phenoxy) is 1. The summed E-state index contributed by atoms with van der Waals surface area (Å²) in [5.41, 5.74) is 1.90. The van der Waals surface area contributed by atoms with Crippen molar-refractivity contribution in [1.82, 2.24) is 10.1 Å². The van der Waals surface area contributed by atoms with Gasteiger partial charge in [0, 0.05) is 12.6 Å². The van der Waals surface area contributed by atoms with E-state index in [1.54, 1.807) is 6.07 Å². The molecule has 0 unspecified atom stereocenters. The molecular weight excluding hydrogens is 268 g/mol. The molecule has 21 heavy (non-hydrogen) atoms. The van der Waals surface area contributed by atoms with Crippen LogP contribution in [0.1, 0.15) is 23.1 Å². The number of nitrogens with zero attached hydrogens (tertiary/aromatic N) is 2. The number of aromatic nitrogens is 1. The molecule has 1 aromatic carbocycles. The van der Waals surface area contributed by atoms with E-state index in [1.165, 1.54) is 0 Å². The number of carbonyl (C=O) groups is 1. The predicted molar refractivity (Wildman–Crippen MR) is 76.7 cm³/mol. The highest BCUT2D eigenvalue weighted by molar-refractivity contribution is 5.78. The minimum atomic E-state index is -0.0552. The summed E-state index contributed by atoms with van der Waals surface area (Å²) in [7, 11) is 0.